The third-order valence-corrected chi connectivity index (χ3v) is 7.92. The molecular formula is C29H31ClN4O5. The molecule has 0 spiro atoms. The van der Waals surface area contributed by atoms with E-state index in [9.17, 15) is 14.9 Å². The van der Waals surface area contributed by atoms with Gasteiger partial charge in [-0.2, -0.15) is 0 Å². The van der Waals surface area contributed by atoms with Gasteiger partial charge >= 0.3 is 0 Å². The fraction of sp³-hybridized carbons (Fsp3) is 0.345. The molecule has 2 aliphatic rings. The Morgan fingerprint density at radius 1 is 1.05 bits per heavy atom. The van der Waals surface area contributed by atoms with Gasteiger partial charge in [0.15, 0.2) is 11.5 Å². The molecule has 1 N–H and O–H groups in total. The number of nitro benzene ring substituents is 1. The van der Waals surface area contributed by atoms with Crippen LogP contribution in [-0.4, -0.2) is 57.3 Å². The van der Waals surface area contributed by atoms with Crippen molar-refractivity contribution in [1.29, 1.82) is 0 Å². The predicted molar refractivity (Wildman–Crippen MR) is 151 cm³/mol. The van der Waals surface area contributed by atoms with Crippen LogP contribution in [0.2, 0.25) is 5.02 Å². The maximum absolute atomic E-state index is 13.6. The number of fused-ring (bicyclic) bond motifs is 3. The highest BCUT2D eigenvalue weighted by molar-refractivity contribution is 6.33. The molecular weight excluding hydrogens is 520 g/mol. The number of amides is 1. The van der Waals surface area contributed by atoms with Crippen molar-refractivity contribution in [1.82, 2.24) is 5.32 Å². The Morgan fingerprint density at radius 3 is 2.59 bits per heavy atom. The van der Waals surface area contributed by atoms with Crippen molar-refractivity contribution in [2.24, 2.45) is 5.92 Å². The fourth-order valence-electron chi connectivity index (χ4n) is 5.65. The number of halogens is 1. The number of carbonyl (C=O) groups excluding carboxylic acids is 1. The number of hydrogen-bond donors (Lipinski definition) is 1. The first-order chi connectivity index (χ1) is 18.9. The number of methoxy groups -OCH3 is 2. The minimum Gasteiger partial charge on any atom is -0.493 e. The zero-order chi connectivity index (χ0) is 27.5. The standard InChI is InChI=1S/C29H31ClN4O5/c1-38-27-10-7-19(15-28(27)39-2)11-12-31-29(35)22-17-20-16-21(34(36)37)8-9-24(20)33-14-13-32(18-26(22)33)25-6-4-3-5-23(25)30/h3-10,15-16,22,26H,11-14,17-18H2,1-2H3,(H,31,35)/t22-,26+/m1/s1. The Balaban J connectivity index is 1.36. The molecule has 204 valence electrons. The van der Waals surface area contributed by atoms with Crippen LogP contribution >= 0.6 is 11.6 Å². The number of non-ortho nitro benzene ring substituents is 1. The van der Waals surface area contributed by atoms with Gasteiger partial charge in [0.2, 0.25) is 5.91 Å². The van der Waals surface area contributed by atoms with E-state index in [1.54, 1.807) is 26.4 Å². The van der Waals surface area contributed by atoms with Gasteiger partial charge in [-0.05, 0) is 54.3 Å². The first-order valence-corrected chi connectivity index (χ1v) is 13.3. The van der Waals surface area contributed by atoms with Crippen LogP contribution in [-0.2, 0) is 17.6 Å². The van der Waals surface area contributed by atoms with E-state index in [1.807, 2.05) is 48.5 Å². The van der Waals surface area contributed by atoms with Gasteiger partial charge < -0.3 is 24.6 Å². The molecule has 3 aromatic carbocycles. The summed E-state index contributed by atoms with van der Waals surface area (Å²) < 4.78 is 10.7. The number of nitrogens with one attached hydrogen (secondary N) is 1. The largest absolute Gasteiger partial charge is 0.493 e. The number of nitro groups is 1. The lowest BCUT2D eigenvalue weighted by atomic mass is 9.83. The van der Waals surface area contributed by atoms with Gasteiger partial charge in [-0.1, -0.05) is 29.8 Å². The monoisotopic (exact) mass is 550 g/mol. The van der Waals surface area contributed by atoms with E-state index in [2.05, 4.69) is 15.1 Å². The van der Waals surface area contributed by atoms with Gasteiger partial charge in [0.05, 0.1) is 41.8 Å². The molecule has 2 heterocycles. The predicted octanol–water partition coefficient (Wildman–Crippen LogP) is 4.49. The molecule has 0 aromatic heterocycles. The molecule has 9 nitrogen and oxygen atoms in total. The summed E-state index contributed by atoms with van der Waals surface area (Å²) in [6, 6.07) is 18.3. The van der Waals surface area contributed by atoms with Crippen molar-refractivity contribution in [3.63, 3.8) is 0 Å². The van der Waals surface area contributed by atoms with Crippen molar-refractivity contribution in [2.45, 2.75) is 18.9 Å². The summed E-state index contributed by atoms with van der Waals surface area (Å²) in [4.78, 5) is 29.2. The molecule has 0 aliphatic carbocycles. The van der Waals surface area contributed by atoms with Crippen LogP contribution in [0.1, 0.15) is 11.1 Å². The number of hydrogen-bond acceptors (Lipinski definition) is 7. The van der Waals surface area contributed by atoms with Gasteiger partial charge in [-0.3, -0.25) is 14.9 Å². The molecule has 2 atom stereocenters. The SMILES string of the molecule is COc1ccc(CCNC(=O)[C@@H]2Cc3cc([N+](=O)[O-])ccc3N3CCN(c4ccccc4Cl)C[C@@H]23)cc1OC. The van der Waals surface area contributed by atoms with Crippen molar-refractivity contribution < 1.29 is 19.2 Å². The van der Waals surface area contributed by atoms with Crippen LogP contribution < -0.4 is 24.6 Å². The summed E-state index contributed by atoms with van der Waals surface area (Å²) in [5.41, 5.74) is 3.78. The highest BCUT2D eigenvalue weighted by Gasteiger charge is 2.42. The van der Waals surface area contributed by atoms with E-state index in [4.69, 9.17) is 21.1 Å². The summed E-state index contributed by atoms with van der Waals surface area (Å²) in [6.45, 7) is 2.47. The van der Waals surface area contributed by atoms with Gasteiger partial charge in [-0.25, -0.2) is 0 Å². The zero-order valence-electron chi connectivity index (χ0n) is 21.9. The minimum absolute atomic E-state index is 0.0366. The molecule has 5 rings (SSSR count). The lowest BCUT2D eigenvalue weighted by molar-refractivity contribution is -0.384. The molecule has 0 unspecified atom stereocenters. The summed E-state index contributed by atoms with van der Waals surface area (Å²) in [5.74, 6) is 0.851. The number of carbonyl (C=O) groups is 1. The van der Waals surface area contributed by atoms with Gasteiger partial charge in [-0.15, -0.1) is 0 Å². The van der Waals surface area contributed by atoms with E-state index in [1.165, 1.54) is 0 Å². The van der Waals surface area contributed by atoms with Crippen LogP contribution in [0.5, 0.6) is 11.5 Å². The second-order valence-corrected chi connectivity index (χ2v) is 10.2. The van der Waals surface area contributed by atoms with Crippen LogP contribution in [0, 0.1) is 16.0 Å². The van der Waals surface area contributed by atoms with Crippen LogP contribution in [0.25, 0.3) is 0 Å². The van der Waals surface area contributed by atoms with E-state index in [0.29, 0.717) is 49.0 Å². The molecule has 0 radical (unpaired) electrons. The third-order valence-electron chi connectivity index (χ3n) is 7.60. The van der Waals surface area contributed by atoms with Crippen LogP contribution in [0.15, 0.2) is 60.7 Å². The third kappa shape index (κ3) is 5.45. The molecule has 3 aromatic rings. The Kier molecular flexibility index (Phi) is 7.79. The second-order valence-electron chi connectivity index (χ2n) is 9.77. The molecule has 39 heavy (non-hydrogen) atoms. The Morgan fingerprint density at radius 2 is 1.85 bits per heavy atom. The quantitative estimate of drug-likeness (QED) is 0.326. The maximum atomic E-state index is 13.6. The summed E-state index contributed by atoms with van der Waals surface area (Å²) in [6.07, 6.45) is 1.05. The summed E-state index contributed by atoms with van der Waals surface area (Å²) in [7, 11) is 3.19. The second kappa shape index (κ2) is 11.4. The highest BCUT2D eigenvalue weighted by Crippen LogP contribution is 2.39. The van der Waals surface area contributed by atoms with E-state index in [-0.39, 0.29) is 28.5 Å². The molecule has 0 bridgehead atoms. The zero-order valence-corrected chi connectivity index (χ0v) is 22.7. The average Bonchev–Trinajstić information content (AvgIpc) is 2.96. The number of rotatable bonds is 8. The lowest BCUT2D eigenvalue weighted by Gasteiger charge is -2.49. The van der Waals surface area contributed by atoms with Crippen LogP contribution in [0.4, 0.5) is 17.1 Å². The summed E-state index contributed by atoms with van der Waals surface area (Å²) >= 11 is 6.51. The molecule has 1 saturated heterocycles. The van der Waals surface area contributed by atoms with E-state index >= 15 is 0 Å². The Bertz CT molecular complexity index is 1380. The highest BCUT2D eigenvalue weighted by atomic mass is 35.5. The minimum atomic E-state index is -0.389. The van der Waals surface area contributed by atoms with Gasteiger partial charge in [0.25, 0.3) is 5.69 Å². The number of nitrogens with zero attached hydrogens (tertiary/aromatic N) is 3. The van der Waals surface area contributed by atoms with Crippen molar-refractivity contribution in [2.75, 3.05) is 50.2 Å². The first kappa shape index (κ1) is 26.6. The van der Waals surface area contributed by atoms with Gasteiger partial charge in [0.1, 0.15) is 0 Å². The number of anilines is 2. The van der Waals surface area contributed by atoms with E-state index < -0.39 is 0 Å². The Hall–Kier alpha value is -3.98. The molecule has 10 heteroatoms. The maximum Gasteiger partial charge on any atom is 0.269 e. The number of piperazine rings is 1. The number of ether oxygens (including phenoxy) is 2. The molecule has 2 aliphatic heterocycles. The lowest BCUT2D eigenvalue weighted by Crippen LogP contribution is -2.61. The number of benzene rings is 3. The Labute approximate surface area is 232 Å². The van der Waals surface area contributed by atoms with Crippen LogP contribution in [0.3, 0.4) is 0 Å². The average molecular weight is 551 g/mol. The molecule has 0 saturated carbocycles. The molecule has 1 fully saturated rings. The van der Waals surface area contributed by atoms with Crippen molar-refractivity contribution in [3.8, 4) is 11.5 Å². The fourth-order valence-corrected chi connectivity index (χ4v) is 5.90. The van der Waals surface area contributed by atoms with Crippen molar-refractivity contribution >= 4 is 34.6 Å². The summed E-state index contributed by atoms with van der Waals surface area (Å²) in [5, 5.41) is 15.2. The number of para-hydroxylation sites is 1. The normalized spacial score (nSPS) is 18.1. The van der Waals surface area contributed by atoms with E-state index in [0.717, 1.165) is 29.0 Å². The molecule has 1 amide bonds. The topological polar surface area (TPSA) is 97.2 Å². The first-order valence-electron chi connectivity index (χ1n) is 12.9. The van der Waals surface area contributed by atoms with Crippen molar-refractivity contribution in [3.05, 3.63) is 86.9 Å². The smallest absolute Gasteiger partial charge is 0.269 e. The van der Waals surface area contributed by atoms with Gasteiger partial charge in [0, 0.05) is 44.0 Å².